The van der Waals surface area contributed by atoms with E-state index in [1.54, 1.807) is 6.92 Å². The maximum absolute atomic E-state index is 11.6. The molecule has 1 amide bonds. The van der Waals surface area contributed by atoms with Crippen molar-refractivity contribution < 1.29 is 9.53 Å². The van der Waals surface area contributed by atoms with Crippen LogP contribution in [0.4, 0.5) is 0 Å². The van der Waals surface area contributed by atoms with Gasteiger partial charge in [0.2, 0.25) is 5.91 Å². The van der Waals surface area contributed by atoms with E-state index in [-0.39, 0.29) is 11.5 Å². The fourth-order valence-corrected chi connectivity index (χ4v) is 4.67. The zero-order valence-electron chi connectivity index (χ0n) is 16.5. The van der Waals surface area contributed by atoms with Crippen LogP contribution in [0.25, 0.3) is 10.9 Å². The molecule has 5 nitrogen and oxygen atoms in total. The number of para-hydroxylation sites is 1. The van der Waals surface area contributed by atoms with Gasteiger partial charge in [-0.3, -0.25) is 9.69 Å². The van der Waals surface area contributed by atoms with E-state index in [1.807, 2.05) is 4.90 Å². The standard InChI is InChI=1S/C22H31N3O2/c1-17(7-8-19-15-23-21-6-4-3-5-20(19)21)25-13-14-27-22(16-25)9-11-24(12-10-22)18(2)26/h3-6,15,17,23H,7-14,16H2,1-2H3. The second-order valence-corrected chi connectivity index (χ2v) is 8.26. The fraction of sp³-hybridized carbons (Fsp3) is 0.591. The predicted octanol–water partition coefficient (Wildman–Crippen LogP) is 3.20. The van der Waals surface area contributed by atoms with Crippen LogP contribution < -0.4 is 0 Å². The Kier molecular flexibility index (Phi) is 5.24. The lowest BCUT2D eigenvalue weighted by atomic mass is 9.88. The van der Waals surface area contributed by atoms with Crippen molar-refractivity contribution in [3.63, 3.8) is 0 Å². The number of carbonyl (C=O) groups excluding carboxylic acids is 1. The minimum Gasteiger partial charge on any atom is -0.372 e. The number of nitrogens with zero attached hydrogens (tertiary/aromatic N) is 2. The molecule has 1 unspecified atom stereocenters. The van der Waals surface area contributed by atoms with E-state index in [4.69, 9.17) is 4.74 Å². The number of likely N-dealkylation sites (tertiary alicyclic amines) is 1. The van der Waals surface area contributed by atoms with Gasteiger partial charge in [0.15, 0.2) is 0 Å². The Hall–Kier alpha value is -1.85. The number of H-pyrrole nitrogens is 1. The van der Waals surface area contributed by atoms with Crippen LogP contribution in [0.15, 0.2) is 30.5 Å². The van der Waals surface area contributed by atoms with Crippen LogP contribution in [0.5, 0.6) is 0 Å². The molecule has 5 heteroatoms. The van der Waals surface area contributed by atoms with Crippen LogP contribution in [-0.4, -0.2) is 65.1 Å². The molecule has 1 atom stereocenters. The molecule has 3 heterocycles. The molecule has 0 radical (unpaired) electrons. The topological polar surface area (TPSA) is 48.6 Å². The van der Waals surface area contributed by atoms with Crippen molar-refractivity contribution >= 4 is 16.8 Å². The number of piperidine rings is 1. The smallest absolute Gasteiger partial charge is 0.219 e. The van der Waals surface area contributed by atoms with E-state index in [0.717, 1.165) is 58.5 Å². The number of rotatable bonds is 4. The number of benzene rings is 1. The van der Waals surface area contributed by atoms with E-state index >= 15 is 0 Å². The Morgan fingerprint density at radius 2 is 2.04 bits per heavy atom. The molecule has 1 aromatic carbocycles. The van der Waals surface area contributed by atoms with E-state index in [9.17, 15) is 4.79 Å². The molecule has 0 saturated carbocycles. The summed E-state index contributed by atoms with van der Waals surface area (Å²) < 4.78 is 6.24. The SMILES string of the molecule is CC(=O)N1CCC2(CC1)CN(C(C)CCc1c[nH]c3ccccc13)CCO2. The monoisotopic (exact) mass is 369 g/mol. The molecule has 2 saturated heterocycles. The Morgan fingerprint density at radius 3 is 2.81 bits per heavy atom. The largest absolute Gasteiger partial charge is 0.372 e. The van der Waals surface area contributed by atoms with Gasteiger partial charge in [-0.25, -0.2) is 0 Å². The third-order valence-electron chi connectivity index (χ3n) is 6.53. The zero-order chi connectivity index (χ0) is 18.9. The van der Waals surface area contributed by atoms with Crippen LogP contribution in [-0.2, 0) is 16.0 Å². The summed E-state index contributed by atoms with van der Waals surface area (Å²) in [6.07, 6.45) is 6.32. The summed E-state index contributed by atoms with van der Waals surface area (Å²) in [5.41, 5.74) is 2.58. The second-order valence-electron chi connectivity index (χ2n) is 8.26. The molecular weight excluding hydrogens is 338 g/mol. The lowest BCUT2D eigenvalue weighted by Crippen LogP contribution is -2.58. The van der Waals surface area contributed by atoms with Crippen molar-refractivity contribution in [3.05, 3.63) is 36.0 Å². The highest BCUT2D eigenvalue weighted by molar-refractivity contribution is 5.83. The number of hydrogen-bond acceptors (Lipinski definition) is 3. The molecule has 2 aliphatic heterocycles. The van der Waals surface area contributed by atoms with E-state index in [2.05, 4.69) is 47.3 Å². The number of amides is 1. The van der Waals surface area contributed by atoms with Crippen LogP contribution in [0, 0.1) is 0 Å². The molecule has 0 aliphatic carbocycles. The van der Waals surface area contributed by atoms with Crippen molar-refractivity contribution in [2.45, 2.75) is 51.2 Å². The normalized spacial score (nSPS) is 21.6. The van der Waals surface area contributed by atoms with E-state index < -0.39 is 0 Å². The maximum Gasteiger partial charge on any atom is 0.219 e. The fourth-order valence-electron chi connectivity index (χ4n) is 4.67. The van der Waals surface area contributed by atoms with Gasteiger partial charge in [0.1, 0.15) is 0 Å². The molecule has 1 aromatic heterocycles. The van der Waals surface area contributed by atoms with E-state index in [0.29, 0.717) is 6.04 Å². The highest BCUT2D eigenvalue weighted by Crippen LogP contribution is 2.31. The molecule has 0 bridgehead atoms. The number of ether oxygens (including phenoxy) is 1. The maximum atomic E-state index is 11.6. The Morgan fingerprint density at radius 1 is 1.26 bits per heavy atom. The number of aromatic nitrogens is 1. The van der Waals surface area contributed by atoms with Gasteiger partial charge >= 0.3 is 0 Å². The summed E-state index contributed by atoms with van der Waals surface area (Å²) >= 11 is 0. The summed E-state index contributed by atoms with van der Waals surface area (Å²) in [6, 6.07) is 9.07. The lowest BCUT2D eigenvalue weighted by Gasteiger charge is -2.48. The minimum absolute atomic E-state index is 0.0563. The summed E-state index contributed by atoms with van der Waals surface area (Å²) in [5, 5.41) is 1.35. The Bertz CT molecular complexity index is 792. The van der Waals surface area contributed by atoms with Gasteiger partial charge in [-0.05, 0) is 44.2 Å². The molecule has 4 rings (SSSR count). The number of fused-ring (bicyclic) bond motifs is 1. The second kappa shape index (κ2) is 7.64. The van der Waals surface area contributed by atoms with Gasteiger partial charge in [0.05, 0.1) is 12.2 Å². The third kappa shape index (κ3) is 3.90. The van der Waals surface area contributed by atoms with Gasteiger partial charge in [0.25, 0.3) is 0 Å². The zero-order valence-corrected chi connectivity index (χ0v) is 16.5. The van der Waals surface area contributed by atoms with Gasteiger partial charge in [0, 0.05) is 56.2 Å². The minimum atomic E-state index is -0.0563. The Balaban J connectivity index is 1.35. The van der Waals surface area contributed by atoms with Gasteiger partial charge in [-0.15, -0.1) is 0 Å². The molecule has 146 valence electrons. The van der Waals surface area contributed by atoms with Crippen molar-refractivity contribution in [3.8, 4) is 0 Å². The van der Waals surface area contributed by atoms with Crippen molar-refractivity contribution in [1.82, 2.24) is 14.8 Å². The van der Waals surface area contributed by atoms with Crippen LogP contribution >= 0.6 is 0 Å². The first-order valence-corrected chi connectivity index (χ1v) is 10.2. The first kappa shape index (κ1) is 18.5. The summed E-state index contributed by atoms with van der Waals surface area (Å²) in [4.78, 5) is 19.5. The number of aromatic amines is 1. The summed E-state index contributed by atoms with van der Waals surface area (Å²) in [5.74, 6) is 0.185. The lowest BCUT2D eigenvalue weighted by molar-refractivity contribution is -0.152. The van der Waals surface area contributed by atoms with Gasteiger partial charge in [-0.2, -0.15) is 0 Å². The number of hydrogen-bond donors (Lipinski definition) is 1. The average molecular weight is 370 g/mol. The summed E-state index contributed by atoms with van der Waals surface area (Å²) in [6.45, 7) is 8.47. The number of morpholine rings is 1. The molecule has 2 fully saturated rings. The summed E-state index contributed by atoms with van der Waals surface area (Å²) in [7, 11) is 0. The molecule has 1 spiro atoms. The highest BCUT2D eigenvalue weighted by atomic mass is 16.5. The Labute approximate surface area is 161 Å². The molecular formula is C22H31N3O2. The van der Waals surface area contributed by atoms with E-state index in [1.165, 1.54) is 16.5 Å². The van der Waals surface area contributed by atoms with Crippen LogP contribution in [0.3, 0.4) is 0 Å². The van der Waals surface area contributed by atoms with Crippen LogP contribution in [0.1, 0.15) is 38.7 Å². The third-order valence-corrected chi connectivity index (χ3v) is 6.53. The molecule has 27 heavy (non-hydrogen) atoms. The van der Waals surface area contributed by atoms with Crippen molar-refractivity contribution in [2.75, 3.05) is 32.8 Å². The van der Waals surface area contributed by atoms with Crippen molar-refractivity contribution in [2.24, 2.45) is 0 Å². The number of nitrogens with one attached hydrogen (secondary N) is 1. The van der Waals surface area contributed by atoms with Gasteiger partial charge < -0.3 is 14.6 Å². The highest BCUT2D eigenvalue weighted by Gasteiger charge is 2.41. The molecule has 2 aromatic rings. The van der Waals surface area contributed by atoms with Crippen LogP contribution in [0.2, 0.25) is 0 Å². The number of aryl methyl sites for hydroxylation is 1. The first-order chi connectivity index (χ1) is 13.1. The first-order valence-electron chi connectivity index (χ1n) is 10.2. The van der Waals surface area contributed by atoms with Crippen molar-refractivity contribution in [1.29, 1.82) is 0 Å². The number of carbonyl (C=O) groups is 1. The quantitative estimate of drug-likeness (QED) is 0.900. The molecule has 2 aliphatic rings. The van der Waals surface area contributed by atoms with Gasteiger partial charge in [-0.1, -0.05) is 18.2 Å². The average Bonchev–Trinajstić information content (AvgIpc) is 3.10. The molecule has 1 N–H and O–H groups in total. The predicted molar refractivity (Wildman–Crippen MR) is 108 cm³/mol.